The van der Waals surface area contributed by atoms with Crippen molar-refractivity contribution in [2.24, 2.45) is 4.99 Å². The average Bonchev–Trinajstić information content (AvgIpc) is 3.00. The van der Waals surface area contributed by atoms with Crippen LogP contribution in [-0.4, -0.2) is 38.8 Å². The monoisotopic (exact) mass is 376 g/mol. The van der Waals surface area contributed by atoms with Crippen molar-refractivity contribution in [1.82, 2.24) is 15.6 Å². The largest absolute Gasteiger partial charge is 0.496 e. The van der Waals surface area contributed by atoms with Crippen LogP contribution in [0.1, 0.15) is 29.8 Å². The topological polar surface area (TPSA) is 90.1 Å². The number of aryl methyl sites for hydroxylation is 2. The summed E-state index contributed by atoms with van der Waals surface area (Å²) in [6, 6.07) is 3.62. The van der Waals surface area contributed by atoms with Crippen LogP contribution >= 0.6 is 0 Å². The van der Waals surface area contributed by atoms with Crippen molar-refractivity contribution in [2.45, 2.75) is 33.9 Å². The number of guanidine groups is 1. The average molecular weight is 376 g/mol. The van der Waals surface area contributed by atoms with Gasteiger partial charge in [-0.25, -0.2) is 9.98 Å². The molecule has 0 amide bonds. The van der Waals surface area contributed by atoms with Crippen molar-refractivity contribution in [3.8, 4) is 17.2 Å². The summed E-state index contributed by atoms with van der Waals surface area (Å²) in [6.07, 6.45) is 0. The van der Waals surface area contributed by atoms with E-state index in [1.165, 1.54) is 0 Å². The van der Waals surface area contributed by atoms with E-state index in [-0.39, 0.29) is 0 Å². The van der Waals surface area contributed by atoms with Crippen molar-refractivity contribution in [1.29, 1.82) is 0 Å². The van der Waals surface area contributed by atoms with E-state index < -0.39 is 0 Å². The number of nitrogens with zero attached hydrogens (tertiary/aromatic N) is 2. The van der Waals surface area contributed by atoms with Crippen molar-refractivity contribution < 1.29 is 18.6 Å². The number of oxazole rings is 1. The van der Waals surface area contributed by atoms with E-state index in [9.17, 15) is 0 Å². The van der Waals surface area contributed by atoms with Gasteiger partial charge in [-0.3, -0.25) is 0 Å². The minimum atomic E-state index is 0.370. The number of benzene rings is 1. The van der Waals surface area contributed by atoms with Crippen molar-refractivity contribution in [3.05, 3.63) is 35.0 Å². The van der Waals surface area contributed by atoms with Crippen molar-refractivity contribution in [2.75, 3.05) is 27.9 Å². The molecule has 0 bridgehead atoms. The van der Waals surface area contributed by atoms with Gasteiger partial charge in [-0.15, -0.1) is 0 Å². The Bertz CT molecular complexity index is 742. The number of aliphatic imine (C=N–C) groups is 1. The van der Waals surface area contributed by atoms with Crippen LogP contribution in [0.15, 0.2) is 21.5 Å². The van der Waals surface area contributed by atoms with Gasteiger partial charge in [0.1, 0.15) is 23.0 Å². The van der Waals surface area contributed by atoms with Crippen LogP contribution in [0.3, 0.4) is 0 Å². The molecule has 1 heterocycles. The molecule has 0 spiro atoms. The molecule has 0 radical (unpaired) electrons. The Morgan fingerprint density at radius 2 is 1.74 bits per heavy atom. The first-order chi connectivity index (χ1) is 13.0. The molecule has 27 heavy (non-hydrogen) atoms. The predicted molar refractivity (Wildman–Crippen MR) is 104 cm³/mol. The zero-order valence-corrected chi connectivity index (χ0v) is 16.8. The van der Waals surface area contributed by atoms with Crippen LogP contribution < -0.4 is 24.8 Å². The highest BCUT2D eigenvalue weighted by Gasteiger charge is 2.13. The second-order valence-corrected chi connectivity index (χ2v) is 5.81. The molecule has 8 nitrogen and oxygen atoms in total. The molecule has 0 saturated heterocycles. The molecule has 0 unspecified atom stereocenters. The first kappa shape index (κ1) is 20.4. The normalized spacial score (nSPS) is 11.3. The molecular formula is C19H28N4O4. The highest BCUT2D eigenvalue weighted by atomic mass is 16.5. The lowest BCUT2D eigenvalue weighted by Gasteiger charge is -2.15. The minimum absolute atomic E-state index is 0.370. The number of hydrogen-bond donors (Lipinski definition) is 2. The van der Waals surface area contributed by atoms with E-state index in [1.807, 2.05) is 32.9 Å². The Morgan fingerprint density at radius 3 is 2.22 bits per heavy atom. The second kappa shape index (κ2) is 9.70. The quantitative estimate of drug-likeness (QED) is 0.540. The van der Waals surface area contributed by atoms with Gasteiger partial charge in [0.2, 0.25) is 5.89 Å². The van der Waals surface area contributed by atoms with Gasteiger partial charge in [0.15, 0.2) is 5.96 Å². The SMILES string of the molecule is CCNC(=NCc1c(OC)cc(OC)cc1OC)NCc1nc(C)c(C)o1. The number of ether oxygens (including phenoxy) is 3. The fourth-order valence-corrected chi connectivity index (χ4v) is 2.51. The zero-order chi connectivity index (χ0) is 19.8. The smallest absolute Gasteiger partial charge is 0.214 e. The Kier molecular flexibility index (Phi) is 7.34. The first-order valence-corrected chi connectivity index (χ1v) is 8.76. The van der Waals surface area contributed by atoms with Gasteiger partial charge in [-0.05, 0) is 20.8 Å². The maximum Gasteiger partial charge on any atom is 0.214 e. The maximum absolute atomic E-state index is 5.59. The number of rotatable bonds is 8. The molecule has 0 atom stereocenters. The van der Waals surface area contributed by atoms with Crippen molar-refractivity contribution in [3.63, 3.8) is 0 Å². The van der Waals surface area contributed by atoms with Crippen LogP contribution in [0.2, 0.25) is 0 Å². The highest BCUT2D eigenvalue weighted by Crippen LogP contribution is 2.34. The number of nitrogens with one attached hydrogen (secondary N) is 2. The second-order valence-electron chi connectivity index (χ2n) is 5.81. The number of aromatic nitrogens is 1. The molecule has 1 aromatic heterocycles. The van der Waals surface area contributed by atoms with Crippen LogP contribution in [0.25, 0.3) is 0 Å². The lowest BCUT2D eigenvalue weighted by atomic mass is 10.1. The van der Waals surface area contributed by atoms with E-state index in [1.54, 1.807) is 21.3 Å². The van der Waals surface area contributed by atoms with Crippen LogP contribution in [0.5, 0.6) is 17.2 Å². The summed E-state index contributed by atoms with van der Waals surface area (Å²) in [6.45, 7) is 7.36. The third kappa shape index (κ3) is 5.29. The summed E-state index contributed by atoms with van der Waals surface area (Å²) in [5.74, 6) is 4.06. The van der Waals surface area contributed by atoms with Gasteiger partial charge >= 0.3 is 0 Å². The van der Waals surface area contributed by atoms with Gasteiger partial charge in [0, 0.05) is 18.7 Å². The Morgan fingerprint density at radius 1 is 1.07 bits per heavy atom. The fraction of sp³-hybridized carbons (Fsp3) is 0.474. The highest BCUT2D eigenvalue weighted by molar-refractivity contribution is 5.79. The summed E-state index contributed by atoms with van der Waals surface area (Å²) in [4.78, 5) is 8.99. The van der Waals surface area contributed by atoms with Crippen molar-refractivity contribution >= 4 is 5.96 Å². The fourth-order valence-electron chi connectivity index (χ4n) is 2.51. The lowest BCUT2D eigenvalue weighted by molar-refractivity contribution is 0.369. The Balaban J connectivity index is 2.18. The molecule has 2 rings (SSSR count). The minimum Gasteiger partial charge on any atom is -0.496 e. The number of methoxy groups -OCH3 is 3. The lowest BCUT2D eigenvalue weighted by Crippen LogP contribution is -2.36. The van der Waals surface area contributed by atoms with Gasteiger partial charge < -0.3 is 29.3 Å². The van der Waals surface area contributed by atoms with E-state index in [4.69, 9.17) is 18.6 Å². The molecule has 2 N–H and O–H groups in total. The molecule has 1 aromatic carbocycles. The third-order valence-corrected chi connectivity index (χ3v) is 4.04. The summed E-state index contributed by atoms with van der Waals surface area (Å²) in [5, 5.41) is 6.43. The van der Waals surface area contributed by atoms with Gasteiger partial charge in [0.05, 0.1) is 45.7 Å². The molecule has 8 heteroatoms. The molecule has 0 aliphatic rings. The molecule has 2 aromatic rings. The summed E-state index contributed by atoms with van der Waals surface area (Å²) in [7, 11) is 4.82. The van der Waals surface area contributed by atoms with E-state index >= 15 is 0 Å². The summed E-state index contributed by atoms with van der Waals surface area (Å²) >= 11 is 0. The first-order valence-electron chi connectivity index (χ1n) is 8.76. The maximum atomic E-state index is 5.59. The van der Waals surface area contributed by atoms with Crippen LogP contribution in [0.4, 0.5) is 0 Å². The number of hydrogen-bond acceptors (Lipinski definition) is 6. The Hall–Kier alpha value is -2.90. The molecule has 0 aliphatic heterocycles. The van der Waals surface area contributed by atoms with Gasteiger partial charge in [0.25, 0.3) is 0 Å². The predicted octanol–water partition coefficient (Wildman–Crippen LogP) is 2.57. The molecule has 0 saturated carbocycles. The summed E-state index contributed by atoms with van der Waals surface area (Å²) in [5.41, 5.74) is 1.72. The van der Waals surface area contributed by atoms with E-state index in [0.717, 1.165) is 23.6 Å². The van der Waals surface area contributed by atoms with Crippen LogP contribution in [-0.2, 0) is 13.1 Å². The van der Waals surface area contributed by atoms with E-state index in [2.05, 4.69) is 20.6 Å². The standard InChI is InChI=1S/C19H28N4O4/c1-7-20-19(22-11-18-23-12(2)13(3)27-18)21-10-15-16(25-5)8-14(24-4)9-17(15)26-6/h8-9H,7,10-11H2,1-6H3,(H2,20,21,22). The van der Waals surface area contributed by atoms with Gasteiger partial charge in [-0.1, -0.05) is 0 Å². The van der Waals surface area contributed by atoms with Gasteiger partial charge in [-0.2, -0.15) is 0 Å². The molecule has 0 fully saturated rings. The zero-order valence-electron chi connectivity index (χ0n) is 16.8. The molecule has 148 valence electrons. The molecule has 0 aliphatic carbocycles. The van der Waals surface area contributed by atoms with Crippen LogP contribution in [0, 0.1) is 13.8 Å². The van der Waals surface area contributed by atoms with E-state index in [0.29, 0.717) is 42.2 Å². The Labute approximate surface area is 159 Å². The third-order valence-electron chi connectivity index (χ3n) is 4.04. The summed E-state index contributed by atoms with van der Waals surface area (Å²) < 4.78 is 21.8. The molecular weight excluding hydrogens is 348 g/mol.